The molecule has 0 atom stereocenters. The molecule has 0 saturated heterocycles. The fraction of sp³-hybridized carbons (Fsp3) is 0.400. The van der Waals surface area contributed by atoms with Crippen LogP contribution in [-0.2, 0) is 6.54 Å². The Balaban J connectivity index is 1.79. The Morgan fingerprint density at radius 3 is 2.78 bits per heavy atom. The van der Waals surface area contributed by atoms with Gasteiger partial charge in [0.05, 0.1) is 6.20 Å². The molecule has 3 heteroatoms. The van der Waals surface area contributed by atoms with Crippen LogP contribution in [0.2, 0.25) is 0 Å². The van der Waals surface area contributed by atoms with Crippen LogP contribution in [0.15, 0.2) is 36.7 Å². The highest BCUT2D eigenvalue weighted by atomic mass is 127. The van der Waals surface area contributed by atoms with E-state index in [1.165, 1.54) is 40.4 Å². The first-order valence-electron chi connectivity index (χ1n) is 6.60. The summed E-state index contributed by atoms with van der Waals surface area (Å²) >= 11 is 2.39. The van der Waals surface area contributed by atoms with Crippen molar-refractivity contribution < 1.29 is 0 Å². The number of halogens is 1. The van der Waals surface area contributed by atoms with Crippen LogP contribution in [-0.4, -0.2) is 9.78 Å². The van der Waals surface area contributed by atoms with Gasteiger partial charge in [-0.15, -0.1) is 0 Å². The lowest BCUT2D eigenvalue weighted by Crippen LogP contribution is -2.07. The smallest absolute Gasteiger partial charge is 0.0568 e. The van der Waals surface area contributed by atoms with Crippen LogP contribution in [0.5, 0.6) is 0 Å². The quantitative estimate of drug-likeness (QED) is 0.752. The lowest BCUT2D eigenvalue weighted by molar-refractivity contribution is 0.429. The molecule has 0 unspecified atom stereocenters. The zero-order valence-electron chi connectivity index (χ0n) is 10.3. The first kappa shape index (κ1) is 12.2. The summed E-state index contributed by atoms with van der Waals surface area (Å²) in [5.74, 6) is 0.840. The van der Waals surface area contributed by atoms with Crippen molar-refractivity contribution in [2.45, 2.75) is 32.2 Å². The van der Waals surface area contributed by atoms with Crippen LogP contribution in [0.3, 0.4) is 0 Å². The summed E-state index contributed by atoms with van der Waals surface area (Å²) in [4.78, 5) is 0. The molecule has 18 heavy (non-hydrogen) atoms. The van der Waals surface area contributed by atoms with Crippen LogP contribution in [0.1, 0.15) is 25.7 Å². The van der Waals surface area contributed by atoms with E-state index in [4.69, 9.17) is 0 Å². The fourth-order valence-electron chi connectivity index (χ4n) is 2.76. The summed E-state index contributed by atoms with van der Waals surface area (Å²) in [7, 11) is 0. The Hall–Kier alpha value is -0.840. The molecule has 1 aromatic carbocycles. The van der Waals surface area contributed by atoms with Crippen molar-refractivity contribution in [2.24, 2.45) is 5.92 Å². The van der Waals surface area contributed by atoms with Crippen molar-refractivity contribution in [3.05, 3.63) is 40.2 Å². The molecule has 0 spiro atoms. The lowest BCUT2D eigenvalue weighted by Gasteiger charge is -2.08. The summed E-state index contributed by atoms with van der Waals surface area (Å²) in [6.07, 6.45) is 9.73. The van der Waals surface area contributed by atoms with Crippen molar-refractivity contribution in [3.8, 4) is 11.1 Å². The van der Waals surface area contributed by atoms with Crippen molar-refractivity contribution in [3.63, 3.8) is 0 Å². The van der Waals surface area contributed by atoms with Gasteiger partial charge in [-0.2, -0.15) is 5.10 Å². The van der Waals surface area contributed by atoms with Crippen LogP contribution in [0.25, 0.3) is 11.1 Å². The molecule has 0 bridgehead atoms. The highest BCUT2D eigenvalue weighted by molar-refractivity contribution is 14.1. The van der Waals surface area contributed by atoms with E-state index in [1.807, 2.05) is 6.20 Å². The normalized spacial score (nSPS) is 16.3. The first-order valence-corrected chi connectivity index (χ1v) is 7.68. The molecule has 2 nitrogen and oxygen atoms in total. The number of rotatable bonds is 3. The molecule has 0 aliphatic heterocycles. The van der Waals surface area contributed by atoms with E-state index in [0.717, 1.165) is 12.5 Å². The molecule has 1 heterocycles. The van der Waals surface area contributed by atoms with Crippen LogP contribution < -0.4 is 0 Å². The van der Waals surface area contributed by atoms with Gasteiger partial charge in [0, 0.05) is 21.9 Å². The van der Waals surface area contributed by atoms with Crippen molar-refractivity contribution in [2.75, 3.05) is 0 Å². The molecule has 1 saturated carbocycles. The van der Waals surface area contributed by atoms with Gasteiger partial charge >= 0.3 is 0 Å². The second-order valence-electron chi connectivity index (χ2n) is 5.08. The standard InChI is InChI=1S/C15H17IN2/c16-15-8-4-3-7-14(15)13-9-17-18(11-13)10-12-5-1-2-6-12/h3-4,7-9,11-12H,1-2,5-6,10H2. The van der Waals surface area contributed by atoms with E-state index in [2.05, 4.69) is 62.8 Å². The SMILES string of the molecule is Ic1ccccc1-c1cnn(CC2CCCC2)c1. The Morgan fingerprint density at radius 1 is 1.22 bits per heavy atom. The van der Waals surface area contributed by atoms with Gasteiger partial charge < -0.3 is 0 Å². The predicted octanol–water partition coefficient (Wildman–Crippen LogP) is 4.34. The molecule has 1 aliphatic rings. The molecule has 0 N–H and O–H groups in total. The maximum Gasteiger partial charge on any atom is 0.0568 e. The zero-order chi connectivity index (χ0) is 12.4. The molecule has 0 amide bonds. The Labute approximate surface area is 122 Å². The largest absolute Gasteiger partial charge is 0.272 e. The van der Waals surface area contributed by atoms with Gasteiger partial charge in [0.15, 0.2) is 0 Å². The molecule has 1 aliphatic carbocycles. The van der Waals surface area contributed by atoms with E-state index < -0.39 is 0 Å². The highest BCUT2D eigenvalue weighted by Crippen LogP contribution is 2.28. The van der Waals surface area contributed by atoms with E-state index in [9.17, 15) is 0 Å². The second-order valence-corrected chi connectivity index (χ2v) is 6.24. The van der Waals surface area contributed by atoms with Gasteiger partial charge in [-0.05, 0) is 53.0 Å². The predicted molar refractivity (Wildman–Crippen MR) is 82.3 cm³/mol. The number of nitrogens with zero attached hydrogens (tertiary/aromatic N) is 2. The summed E-state index contributed by atoms with van der Waals surface area (Å²) in [5.41, 5.74) is 2.52. The third-order valence-electron chi connectivity index (χ3n) is 3.74. The summed E-state index contributed by atoms with van der Waals surface area (Å²) in [5, 5.41) is 4.51. The van der Waals surface area contributed by atoms with Crippen molar-refractivity contribution in [1.29, 1.82) is 0 Å². The maximum atomic E-state index is 4.51. The van der Waals surface area contributed by atoms with E-state index in [-0.39, 0.29) is 0 Å². The molecule has 1 aromatic heterocycles. The number of aromatic nitrogens is 2. The second kappa shape index (κ2) is 5.43. The van der Waals surface area contributed by atoms with Gasteiger partial charge in [-0.1, -0.05) is 31.0 Å². The Bertz CT molecular complexity index is 527. The van der Waals surface area contributed by atoms with E-state index >= 15 is 0 Å². The number of benzene rings is 1. The fourth-order valence-corrected chi connectivity index (χ4v) is 3.45. The average Bonchev–Trinajstić information content (AvgIpc) is 3.02. The summed E-state index contributed by atoms with van der Waals surface area (Å²) in [6.45, 7) is 1.09. The van der Waals surface area contributed by atoms with Gasteiger partial charge in [0.1, 0.15) is 0 Å². The van der Waals surface area contributed by atoms with Crippen LogP contribution >= 0.6 is 22.6 Å². The van der Waals surface area contributed by atoms with Crippen LogP contribution in [0.4, 0.5) is 0 Å². The summed E-state index contributed by atoms with van der Waals surface area (Å²) in [6, 6.07) is 8.48. The molecule has 0 radical (unpaired) electrons. The lowest BCUT2D eigenvalue weighted by atomic mass is 10.1. The first-order chi connectivity index (χ1) is 8.83. The minimum atomic E-state index is 0.840. The van der Waals surface area contributed by atoms with E-state index in [0.29, 0.717) is 0 Å². The number of hydrogen-bond acceptors (Lipinski definition) is 1. The topological polar surface area (TPSA) is 17.8 Å². The third-order valence-corrected chi connectivity index (χ3v) is 4.68. The summed E-state index contributed by atoms with van der Waals surface area (Å²) < 4.78 is 3.41. The maximum absolute atomic E-state index is 4.51. The van der Waals surface area contributed by atoms with E-state index in [1.54, 1.807) is 0 Å². The molecule has 2 aromatic rings. The van der Waals surface area contributed by atoms with Crippen molar-refractivity contribution >= 4 is 22.6 Å². The third kappa shape index (κ3) is 2.60. The van der Waals surface area contributed by atoms with Gasteiger partial charge in [0.25, 0.3) is 0 Å². The molecular weight excluding hydrogens is 335 g/mol. The van der Waals surface area contributed by atoms with Crippen LogP contribution in [0, 0.1) is 9.49 Å². The zero-order valence-corrected chi connectivity index (χ0v) is 12.5. The van der Waals surface area contributed by atoms with Crippen molar-refractivity contribution in [1.82, 2.24) is 9.78 Å². The monoisotopic (exact) mass is 352 g/mol. The minimum Gasteiger partial charge on any atom is -0.272 e. The molecule has 94 valence electrons. The number of hydrogen-bond donors (Lipinski definition) is 0. The van der Waals surface area contributed by atoms with Gasteiger partial charge in [-0.3, -0.25) is 4.68 Å². The Morgan fingerprint density at radius 2 is 2.00 bits per heavy atom. The molecule has 1 fully saturated rings. The van der Waals surface area contributed by atoms with Gasteiger partial charge in [0.2, 0.25) is 0 Å². The Kier molecular flexibility index (Phi) is 3.68. The molecular formula is C15H17IN2. The molecule has 3 rings (SSSR count). The van der Waals surface area contributed by atoms with Gasteiger partial charge in [-0.25, -0.2) is 0 Å². The minimum absolute atomic E-state index is 0.840. The highest BCUT2D eigenvalue weighted by Gasteiger charge is 2.16. The average molecular weight is 352 g/mol.